The minimum absolute atomic E-state index is 0.115. The van der Waals surface area contributed by atoms with Crippen molar-refractivity contribution >= 4 is 23.5 Å². The predicted octanol–water partition coefficient (Wildman–Crippen LogP) is 2.81. The highest BCUT2D eigenvalue weighted by molar-refractivity contribution is 6.30. The van der Waals surface area contributed by atoms with Gasteiger partial charge in [0.2, 0.25) is 0 Å². The van der Waals surface area contributed by atoms with Crippen molar-refractivity contribution in [3.63, 3.8) is 0 Å². The molecule has 0 saturated carbocycles. The Bertz CT molecular complexity index is 846. The number of fused-ring (bicyclic) bond motifs is 1. The van der Waals surface area contributed by atoms with Crippen LogP contribution in [0.2, 0.25) is 5.02 Å². The quantitative estimate of drug-likeness (QED) is 0.897. The molecule has 1 N–H and O–H groups in total. The Morgan fingerprint density at radius 1 is 1.15 bits per heavy atom. The molecule has 2 atom stereocenters. The van der Waals surface area contributed by atoms with Gasteiger partial charge in [-0.05, 0) is 37.0 Å². The first kappa shape index (κ1) is 17.1. The molecule has 26 heavy (non-hydrogen) atoms. The lowest BCUT2D eigenvalue weighted by Gasteiger charge is -2.19. The average Bonchev–Trinajstić information content (AvgIpc) is 3.26. The van der Waals surface area contributed by atoms with E-state index in [1.807, 2.05) is 16.8 Å². The van der Waals surface area contributed by atoms with E-state index in [2.05, 4.69) is 5.10 Å². The van der Waals surface area contributed by atoms with E-state index in [0.29, 0.717) is 17.1 Å². The van der Waals surface area contributed by atoms with Crippen LogP contribution in [0.25, 0.3) is 0 Å². The number of halogens is 1. The summed E-state index contributed by atoms with van der Waals surface area (Å²) in [7, 11) is 0. The smallest absolute Gasteiger partial charge is 0.308 e. The highest BCUT2D eigenvalue weighted by Gasteiger charge is 2.41. The standard InChI is InChI=1S/C19H20ClN3O3/c20-13-6-4-12(5-7-13)15-10-22(11-16(15)19(25)26)18(24)14-9-21-23-8-2-1-3-17(14)23/h4-7,9,15-16H,1-3,8,10-11H2,(H,25,26)/t15-,16+/m0/s1. The van der Waals surface area contributed by atoms with Gasteiger partial charge in [-0.3, -0.25) is 14.3 Å². The Hall–Kier alpha value is -2.34. The van der Waals surface area contributed by atoms with E-state index < -0.39 is 11.9 Å². The second-order valence-corrected chi connectivity index (χ2v) is 7.43. The van der Waals surface area contributed by atoms with E-state index in [4.69, 9.17) is 11.6 Å². The molecule has 0 radical (unpaired) electrons. The van der Waals surface area contributed by atoms with Gasteiger partial charge in [-0.2, -0.15) is 5.10 Å². The number of carbonyl (C=O) groups excluding carboxylic acids is 1. The molecule has 2 aliphatic rings. The summed E-state index contributed by atoms with van der Waals surface area (Å²) in [5.74, 6) is -1.85. The first-order valence-electron chi connectivity index (χ1n) is 8.87. The van der Waals surface area contributed by atoms with Crippen molar-refractivity contribution < 1.29 is 14.7 Å². The zero-order valence-corrected chi connectivity index (χ0v) is 15.0. The summed E-state index contributed by atoms with van der Waals surface area (Å²) in [5.41, 5.74) is 2.49. The fourth-order valence-corrected chi connectivity index (χ4v) is 4.16. The van der Waals surface area contributed by atoms with E-state index >= 15 is 0 Å². The van der Waals surface area contributed by atoms with Crippen LogP contribution in [0.1, 0.15) is 40.4 Å². The predicted molar refractivity (Wildman–Crippen MR) is 96.4 cm³/mol. The Labute approximate surface area is 156 Å². The summed E-state index contributed by atoms with van der Waals surface area (Å²) in [6.07, 6.45) is 4.61. The summed E-state index contributed by atoms with van der Waals surface area (Å²) < 4.78 is 1.90. The molecular formula is C19H20ClN3O3. The number of carboxylic acid groups (broad SMARTS) is 1. The van der Waals surface area contributed by atoms with Gasteiger partial charge in [-0.15, -0.1) is 0 Å². The van der Waals surface area contributed by atoms with Crippen molar-refractivity contribution in [2.24, 2.45) is 5.92 Å². The third-order valence-corrected chi connectivity index (χ3v) is 5.69. The summed E-state index contributed by atoms with van der Waals surface area (Å²) in [6.45, 7) is 1.45. The molecule has 3 heterocycles. The molecule has 4 rings (SSSR count). The molecular weight excluding hydrogens is 354 g/mol. The number of aromatic nitrogens is 2. The van der Waals surface area contributed by atoms with E-state index in [-0.39, 0.29) is 18.4 Å². The molecule has 1 aromatic heterocycles. The van der Waals surface area contributed by atoms with Crippen molar-refractivity contribution in [1.29, 1.82) is 0 Å². The van der Waals surface area contributed by atoms with Crippen LogP contribution in [0.3, 0.4) is 0 Å². The minimum atomic E-state index is -0.878. The number of amides is 1. The molecule has 0 bridgehead atoms. The first-order valence-corrected chi connectivity index (χ1v) is 9.24. The summed E-state index contributed by atoms with van der Waals surface area (Å²) in [4.78, 5) is 26.5. The first-order chi connectivity index (χ1) is 12.5. The molecule has 2 aromatic rings. The van der Waals surface area contributed by atoms with Crippen molar-refractivity contribution in [1.82, 2.24) is 14.7 Å². The van der Waals surface area contributed by atoms with E-state index in [9.17, 15) is 14.7 Å². The number of aliphatic carboxylic acids is 1. The van der Waals surface area contributed by atoms with Crippen LogP contribution >= 0.6 is 11.6 Å². The van der Waals surface area contributed by atoms with E-state index in [1.165, 1.54) is 0 Å². The van der Waals surface area contributed by atoms with Crippen molar-refractivity contribution in [2.75, 3.05) is 13.1 Å². The van der Waals surface area contributed by atoms with Crippen LogP contribution in [0.5, 0.6) is 0 Å². The molecule has 0 aliphatic carbocycles. The van der Waals surface area contributed by atoms with Gasteiger partial charge >= 0.3 is 5.97 Å². The lowest BCUT2D eigenvalue weighted by Crippen LogP contribution is -2.30. The summed E-state index contributed by atoms with van der Waals surface area (Å²) in [5, 5.41) is 14.6. The SMILES string of the molecule is O=C(O)[C@@H]1CN(C(=O)c2cnn3c2CCCC3)C[C@H]1c1ccc(Cl)cc1. The van der Waals surface area contributed by atoms with Crippen molar-refractivity contribution in [2.45, 2.75) is 31.7 Å². The third-order valence-electron chi connectivity index (χ3n) is 5.44. The lowest BCUT2D eigenvalue weighted by atomic mass is 9.89. The van der Waals surface area contributed by atoms with Crippen LogP contribution in [0, 0.1) is 5.92 Å². The molecule has 0 spiro atoms. The molecule has 1 fully saturated rings. The van der Waals surface area contributed by atoms with Crippen LogP contribution in [0.15, 0.2) is 30.5 Å². The number of rotatable bonds is 3. The Morgan fingerprint density at radius 3 is 2.65 bits per heavy atom. The van der Waals surface area contributed by atoms with Gasteiger partial charge in [0, 0.05) is 30.6 Å². The number of hydrogen-bond donors (Lipinski definition) is 1. The maximum atomic E-state index is 13.0. The van der Waals surface area contributed by atoms with Crippen molar-refractivity contribution in [3.05, 3.63) is 52.3 Å². The Kier molecular flexibility index (Phi) is 4.44. The number of carboxylic acids is 1. The second-order valence-electron chi connectivity index (χ2n) is 7.00. The molecule has 0 unspecified atom stereocenters. The van der Waals surface area contributed by atoms with E-state index in [1.54, 1.807) is 23.2 Å². The zero-order chi connectivity index (χ0) is 18.3. The molecule has 2 aliphatic heterocycles. The van der Waals surface area contributed by atoms with Crippen LogP contribution in [0.4, 0.5) is 0 Å². The topological polar surface area (TPSA) is 75.4 Å². The monoisotopic (exact) mass is 373 g/mol. The molecule has 1 saturated heterocycles. The van der Waals surface area contributed by atoms with Crippen LogP contribution in [-0.2, 0) is 17.8 Å². The van der Waals surface area contributed by atoms with Gasteiger partial charge in [0.1, 0.15) is 0 Å². The number of carbonyl (C=O) groups is 2. The highest BCUT2D eigenvalue weighted by Crippen LogP contribution is 2.34. The Balaban J connectivity index is 1.60. The normalized spacial score (nSPS) is 22.3. The van der Waals surface area contributed by atoms with Gasteiger partial charge in [-0.25, -0.2) is 0 Å². The molecule has 1 aromatic carbocycles. The van der Waals surface area contributed by atoms with Crippen molar-refractivity contribution in [3.8, 4) is 0 Å². The molecule has 7 heteroatoms. The summed E-state index contributed by atoms with van der Waals surface area (Å²) >= 11 is 5.94. The maximum Gasteiger partial charge on any atom is 0.308 e. The number of benzene rings is 1. The maximum absolute atomic E-state index is 13.0. The fourth-order valence-electron chi connectivity index (χ4n) is 4.04. The van der Waals surface area contributed by atoms with Crippen LogP contribution in [-0.4, -0.2) is 44.8 Å². The molecule has 1 amide bonds. The van der Waals surface area contributed by atoms with Gasteiger partial charge < -0.3 is 10.0 Å². The molecule has 6 nitrogen and oxygen atoms in total. The second kappa shape index (κ2) is 6.76. The Morgan fingerprint density at radius 2 is 1.92 bits per heavy atom. The number of aryl methyl sites for hydroxylation is 1. The van der Waals surface area contributed by atoms with E-state index in [0.717, 1.165) is 37.1 Å². The summed E-state index contributed by atoms with van der Waals surface area (Å²) in [6, 6.07) is 7.21. The van der Waals surface area contributed by atoms with Crippen LogP contribution < -0.4 is 0 Å². The van der Waals surface area contributed by atoms with Gasteiger partial charge in [0.05, 0.1) is 23.4 Å². The van der Waals surface area contributed by atoms with Gasteiger partial charge in [-0.1, -0.05) is 23.7 Å². The minimum Gasteiger partial charge on any atom is -0.481 e. The number of nitrogens with zero attached hydrogens (tertiary/aromatic N) is 3. The number of hydrogen-bond acceptors (Lipinski definition) is 3. The fraction of sp³-hybridized carbons (Fsp3) is 0.421. The number of likely N-dealkylation sites (tertiary alicyclic amines) is 1. The third kappa shape index (κ3) is 2.98. The highest BCUT2D eigenvalue weighted by atomic mass is 35.5. The zero-order valence-electron chi connectivity index (χ0n) is 14.3. The average molecular weight is 374 g/mol. The lowest BCUT2D eigenvalue weighted by molar-refractivity contribution is -0.141. The van der Waals surface area contributed by atoms with Gasteiger partial charge in [0.25, 0.3) is 5.91 Å². The largest absolute Gasteiger partial charge is 0.481 e. The van der Waals surface area contributed by atoms with Gasteiger partial charge in [0.15, 0.2) is 0 Å². The molecule has 136 valence electrons.